The fourth-order valence-corrected chi connectivity index (χ4v) is 3.86. The Balaban J connectivity index is 1.69. The number of thiazole rings is 1. The van der Waals surface area contributed by atoms with Crippen LogP contribution in [-0.2, 0) is 15.1 Å². The van der Waals surface area contributed by atoms with Gasteiger partial charge in [0.05, 0.1) is 5.69 Å². The van der Waals surface area contributed by atoms with Gasteiger partial charge in [-0.15, -0.1) is 11.3 Å². The van der Waals surface area contributed by atoms with E-state index in [1.807, 2.05) is 47.8 Å². The summed E-state index contributed by atoms with van der Waals surface area (Å²) < 4.78 is 5.76. The number of carbonyl (C=O) groups excluding carboxylic acids is 1. The number of benzene rings is 2. The van der Waals surface area contributed by atoms with E-state index in [2.05, 4.69) is 4.98 Å². The average Bonchev–Trinajstić information content (AvgIpc) is 3.18. The standard InChI is InChI=1S/C18H13ClN2O2S/c19-13-8-6-11(7-9-13)14-10-24-17(21-14)18(16(20)22)15(23-18)12-4-2-1-3-5-12/h1-10,15H,(H2,20,22). The van der Waals surface area contributed by atoms with E-state index in [0.717, 1.165) is 16.8 Å². The van der Waals surface area contributed by atoms with Crippen LogP contribution in [0.1, 0.15) is 16.7 Å². The Morgan fingerprint density at radius 3 is 2.54 bits per heavy atom. The lowest BCUT2D eigenvalue weighted by molar-refractivity contribution is -0.123. The van der Waals surface area contributed by atoms with Gasteiger partial charge in [0.2, 0.25) is 5.60 Å². The molecule has 2 atom stereocenters. The minimum atomic E-state index is -1.17. The molecule has 1 aromatic heterocycles. The van der Waals surface area contributed by atoms with E-state index in [1.54, 1.807) is 12.1 Å². The lowest BCUT2D eigenvalue weighted by Crippen LogP contribution is -2.30. The van der Waals surface area contributed by atoms with Crippen LogP contribution in [0.3, 0.4) is 0 Å². The summed E-state index contributed by atoms with van der Waals surface area (Å²) >= 11 is 7.29. The van der Waals surface area contributed by atoms with E-state index in [1.165, 1.54) is 11.3 Å². The summed E-state index contributed by atoms with van der Waals surface area (Å²) in [5, 5.41) is 3.14. The van der Waals surface area contributed by atoms with Crippen molar-refractivity contribution in [1.82, 2.24) is 4.98 Å². The maximum absolute atomic E-state index is 12.1. The number of amides is 1. The van der Waals surface area contributed by atoms with Gasteiger partial charge in [0.15, 0.2) is 0 Å². The second-order valence-corrected chi connectivity index (χ2v) is 6.85. The molecule has 0 radical (unpaired) electrons. The van der Waals surface area contributed by atoms with E-state index in [0.29, 0.717) is 10.0 Å². The molecule has 0 saturated carbocycles. The monoisotopic (exact) mass is 356 g/mol. The Bertz CT molecular complexity index is 895. The second kappa shape index (κ2) is 5.70. The Hall–Kier alpha value is -2.21. The SMILES string of the molecule is NC(=O)C1(c2nc(-c3ccc(Cl)cc3)cs2)OC1c1ccccc1. The van der Waals surface area contributed by atoms with Crippen molar-refractivity contribution in [3.05, 3.63) is 75.6 Å². The van der Waals surface area contributed by atoms with Gasteiger partial charge in [-0.2, -0.15) is 0 Å². The van der Waals surface area contributed by atoms with E-state index in [9.17, 15) is 4.79 Å². The molecule has 0 spiro atoms. The Kier molecular flexibility index (Phi) is 3.64. The van der Waals surface area contributed by atoms with Crippen LogP contribution in [-0.4, -0.2) is 10.9 Å². The zero-order valence-electron chi connectivity index (χ0n) is 12.5. The first kappa shape index (κ1) is 15.3. The molecule has 1 fully saturated rings. The van der Waals surface area contributed by atoms with Gasteiger partial charge in [-0.1, -0.05) is 54.1 Å². The molecule has 24 heavy (non-hydrogen) atoms. The number of carbonyl (C=O) groups is 1. The van der Waals surface area contributed by atoms with Crippen LogP contribution in [0.5, 0.6) is 0 Å². The molecule has 0 aliphatic carbocycles. The van der Waals surface area contributed by atoms with Gasteiger partial charge in [0, 0.05) is 16.0 Å². The number of ether oxygens (including phenoxy) is 1. The van der Waals surface area contributed by atoms with Gasteiger partial charge in [-0.3, -0.25) is 4.79 Å². The van der Waals surface area contributed by atoms with Crippen molar-refractivity contribution < 1.29 is 9.53 Å². The second-order valence-electron chi connectivity index (χ2n) is 5.55. The Morgan fingerprint density at radius 2 is 1.88 bits per heavy atom. The highest BCUT2D eigenvalue weighted by atomic mass is 35.5. The van der Waals surface area contributed by atoms with Crippen molar-refractivity contribution in [2.75, 3.05) is 0 Å². The number of halogens is 1. The van der Waals surface area contributed by atoms with Crippen LogP contribution in [0, 0.1) is 0 Å². The summed E-state index contributed by atoms with van der Waals surface area (Å²) in [7, 11) is 0. The van der Waals surface area contributed by atoms with Gasteiger partial charge >= 0.3 is 0 Å². The van der Waals surface area contributed by atoms with Crippen molar-refractivity contribution >= 4 is 28.8 Å². The molecule has 1 amide bonds. The topological polar surface area (TPSA) is 68.5 Å². The zero-order valence-corrected chi connectivity index (χ0v) is 14.1. The predicted molar refractivity (Wildman–Crippen MR) is 93.7 cm³/mol. The average molecular weight is 357 g/mol. The van der Waals surface area contributed by atoms with Gasteiger partial charge in [-0.25, -0.2) is 4.98 Å². The highest BCUT2D eigenvalue weighted by Gasteiger charge is 2.65. The van der Waals surface area contributed by atoms with Crippen LogP contribution in [0.2, 0.25) is 5.02 Å². The van der Waals surface area contributed by atoms with Crippen LogP contribution in [0.15, 0.2) is 60.0 Å². The quantitative estimate of drug-likeness (QED) is 0.720. The number of rotatable bonds is 4. The number of epoxide rings is 1. The molecule has 120 valence electrons. The molecule has 3 aromatic rings. The molecule has 1 aliphatic heterocycles. The zero-order chi connectivity index (χ0) is 16.7. The summed E-state index contributed by atoms with van der Waals surface area (Å²) in [6.45, 7) is 0. The van der Waals surface area contributed by atoms with Gasteiger partial charge < -0.3 is 10.5 Å². The lowest BCUT2D eigenvalue weighted by Gasteiger charge is -2.05. The predicted octanol–water partition coefficient (Wildman–Crippen LogP) is 3.92. The fourth-order valence-electron chi connectivity index (χ4n) is 2.74. The summed E-state index contributed by atoms with van der Waals surface area (Å²) in [5.74, 6) is -0.520. The highest BCUT2D eigenvalue weighted by molar-refractivity contribution is 7.10. The number of primary amides is 1. The normalized spacial score (nSPS) is 22.3. The minimum absolute atomic E-state index is 0.389. The lowest BCUT2D eigenvalue weighted by atomic mass is 9.99. The van der Waals surface area contributed by atoms with Crippen molar-refractivity contribution in [2.24, 2.45) is 5.73 Å². The smallest absolute Gasteiger partial charge is 0.260 e. The minimum Gasteiger partial charge on any atom is -0.367 e. The third kappa shape index (κ3) is 2.41. The number of hydrogen-bond donors (Lipinski definition) is 1. The molecule has 1 saturated heterocycles. The maximum Gasteiger partial charge on any atom is 0.260 e. The first-order valence-corrected chi connectivity index (χ1v) is 8.61. The molecule has 1 aliphatic rings. The van der Waals surface area contributed by atoms with E-state index < -0.39 is 11.5 Å². The van der Waals surface area contributed by atoms with Crippen LogP contribution < -0.4 is 5.73 Å². The van der Waals surface area contributed by atoms with E-state index in [-0.39, 0.29) is 6.10 Å². The molecular weight excluding hydrogens is 344 g/mol. The van der Waals surface area contributed by atoms with Crippen LogP contribution in [0.25, 0.3) is 11.3 Å². The molecule has 2 N–H and O–H groups in total. The molecule has 2 aromatic carbocycles. The molecule has 2 heterocycles. The van der Waals surface area contributed by atoms with Crippen molar-refractivity contribution in [2.45, 2.75) is 11.7 Å². The number of hydrogen-bond acceptors (Lipinski definition) is 4. The molecule has 0 bridgehead atoms. The van der Waals surface area contributed by atoms with Crippen molar-refractivity contribution in [3.8, 4) is 11.3 Å². The largest absolute Gasteiger partial charge is 0.367 e. The summed E-state index contributed by atoms with van der Waals surface area (Å²) in [6.07, 6.45) is -0.389. The first-order valence-electron chi connectivity index (χ1n) is 7.36. The number of aromatic nitrogens is 1. The third-order valence-corrected chi connectivity index (χ3v) is 5.26. The van der Waals surface area contributed by atoms with E-state index in [4.69, 9.17) is 22.1 Å². The first-order chi connectivity index (χ1) is 11.6. The van der Waals surface area contributed by atoms with Gasteiger partial charge in [-0.05, 0) is 17.7 Å². The highest BCUT2D eigenvalue weighted by Crippen LogP contribution is 2.57. The van der Waals surface area contributed by atoms with Crippen LogP contribution in [0.4, 0.5) is 0 Å². The number of nitrogens with zero attached hydrogens (tertiary/aromatic N) is 1. The molecule has 2 unspecified atom stereocenters. The fraction of sp³-hybridized carbons (Fsp3) is 0.111. The number of nitrogens with two attached hydrogens (primary N) is 1. The Morgan fingerprint density at radius 1 is 1.17 bits per heavy atom. The molecule has 6 heteroatoms. The van der Waals surface area contributed by atoms with E-state index >= 15 is 0 Å². The summed E-state index contributed by atoms with van der Waals surface area (Å²) in [4.78, 5) is 16.7. The van der Waals surface area contributed by atoms with Crippen molar-refractivity contribution in [1.29, 1.82) is 0 Å². The maximum atomic E-state index is 12.1. The van der Waals surface area contributed by atoms with Gasteiger partial charge in [0.1, 0.15) is 11.1 Å². The van der Waals surface area contributed by atoms with Gasteiger partial charge in [0.25, 0.3) is 5.91 Å². The molecular formula is C18H13ClN2O2S. The van der Waals surface area contributed by atoms with Crippen molar-refractivity contribution in [3.63, 3.8) is 0 Å². The summed E-state index contributed by atoms with van der Waals surface area (Å²) in [6, 6.07) is 17.0. The Labute approximate surface area is 147 Å². The van der Waals surface area contributed by atoms with Crippen LogP contribution >= 0.6 is 22.9 Å². The third-order valence-electron chi connectivity index (χ3n) is 4.05. The molecule has 4 rings (SSSR count). The summed E-state index contributed by atoms with van der Waals surface area (Å²) in [5.41, 5.74) is 7.09. The molecule has 4 nitrogen and oxygen atoms in total.